The minimum Gasteiger partial charge on any atom is -0.480 e. The van der Waals surface area contributed by atoms with E-state index in [9.17, 15) is 9.59 Å². The van der Waals surface area contributed by atoms with Crippen LogP contribution in [0.5, 0.6) is 5.75 Å². The van der Waals surface area contributed by atoms with Gasteiger partial charge < -0.3 is 14.2 Å². The van der Waals surface area contributed by atoms with Crippen LogP contribution < -0.4 is 4.74 Å². The Morgan fingerprint density at radius 1 is 1.15 bits per heavy atom. The minimum atomic E-state index is -0.671. The van der Waals surface area contributed by atoms with E-state index in [1.165, 1.54) is 6.07 Å². The van der Waals surface area contributed by atoms with Crippen LogP contribution in [0.3, 0.4) is 0 Å². The Morgan fingerprint density at radius 3 is 2.56 bits per heavy atom. The molecule has 0 heterocycles. The smallest absolute Gasteiger partial charge is 0.344 e. The summed E-state index contributed by atoms with van der Waals surface area (Å²) in [6.45, 7) is 5.66. The Labute approximate surface area is 170 Å². The van der Waals surface area contributed by atoms with Gasteiger partial charge in [0.05, 0.1) is 5.02 Å². The first-order chi connectivity index (χ1) is 12.8. The number of benzene rings is 1. The molecule has 5 nitrogen and oxygen atoms in total. The molecule has 0 saturated heterocycles. The van der Waals surface area contributed by atoms with Crippen molar-refractivity contribution >= 4 is 35.1 Å². The third kappa shape index (κ3) is 6.89. The highest BCUT2D eigenvalue weighted by atomic mass is 35.5. The fourth-order valence-corrected chi connectivity index (χ4v) is 3.83. The summed E-state index contributed by atoms with van der Waals surface area (Å²) in [7, 11) is 0. The summed E-state index contributed by atoms with van der Waals surface area (Å²) in [4.78, 5) is 23.9. The van der Waals surface area contributed by atoms with Crippen molar-refractivity contribution < 1.29 is 23.8 Å². The monoisotopic (exact) mass is 416 g/mol. The molecule has 7 heteroatoms. The quantitative estimate of drug-likeness (QED) is 0.590. The summed E-state index contributed by atoms with van der Waals surface area (Å²) in [5, 5.41) is 0.760. The molecule has 1 fully saturated rings. The van der Waals surface area contributed by atoms with Crippen LogP contribution in [0.2, 0.25) is 10.0 Å². The minimum absolute atomic E-state index is 0.121. The lowest BCUT2D eigenvalue weighted by atomic mass is 9.75. The van der Waals surface area contributed by atoms with Gasteiger partial charge in [0.15, 0.2) is 13.2 Å². The van der Waals surface area contributed by atoms with Crippen molar-refractivity contribution in [1.29, 1.82) is 0 Å². The predicted molar refractivity (Wildman–Crippen MR) is 104 cm³/mol. The second-order valence-corrected chi connectivity index (χ2v) is 8.22. The molecule has 1 saturated carbocycles. The average Bonchev–Trinajstić information content (AvgIpc) is 2.59. The fourth-order valence-electron chi connectivity index (χ4n) is 3.36. The van der Waals surface area contributed by atoms with Crippen LogP contribution in [0.1, 0.15) is 40.0 Å². The number of halogens is 2. The summed E-state index contributed by atoms with van der Waals surface area (Å²) in [5.74, 6) is 0.425. The van der Waals surface area contributed by atoms with E-state index >= 15 is 0 Å². The lowest BCUT2D eigenvalue weighted by Gasteiger charge is -2.36. The van der Waals surface area contributed by atoms with Crippen molar-refractivity contribution in [3.8, 4) is 5.75 Å². The lowest BCUT2D eigenvalue weighted by Crippen LogP contribution is -2.37. The molecule has 0 spiro atoms. The summed E-state index contributed by atoms with van der Waals surface area (Å²) in [6.07, 6.45) is 2.92. The van der Waals surface area contributed by atoms with Gasteiger partial charge in [0, 0.05) is 5.02 Å². The van der Waals surface area contributed by atoms with E-state index in [0.29, 0.717) is 33.5 Å². The summed E-state index contributed by atoms with van der Waals surface area (Å²) in [6, 6.07) is 4.67. The Bertz CT molecular complexity index is 662. The molecular weight excluding hydrogens is 391 g/mol. The van der Waals surface area contributed by atoms with Gasteiger partial charge >= 0.3 is 11.9 Å². The summed E-state index contributed by atoms with van der Waals surface area (Å²) < 4.78 is 15.8. The van der Waals surface area contributed by atoms with Crippen LogP contribution in [0.15, 0.2) is 18.2 Å². The molecule has 1 aliphatic rings. The van der Waals surface area contributed by atoms with Gasteiger partial charge in [0.2, 0.25) is 0 Å². The Morgan fingerprint density at radius 2 is 1.89 bits per heavy atom. The zero-order valence-corrected chi connectivity index (χ0v) is 17.4. The van der Waals surface area contributed by atoms with Crippen molar-refractivity contribution in [1.82, 2.24) is 0 Å². The van der Waals surface area contributed by atoms with Gasteiger partial charge in [-0.3, -0.25) is 0 Å². The first-order valence-corrected chi connectivity index (χ1v) is 9.94. The molecular formula is C20H26Cl2O5. The molecule has 1 aliphatic carbocycles. The van der Waals surface area contributed by atoms with Gasteiger partial charge in [-0.15, -0.1) is 0 Å². The van der Waals surface area contributed by atoms with Crippen molar-refractivity contribution in [3.63, 3.8) is 0 Å². The van der Waals surface area contributed by atoms with E-state index in [-0.39, 0.29) is 12.7 Å². The molecule has 0 N–H and O–H groups in total. The molecule has 3 atom stereocenters. The van der Waals surface area contributed by atoms with E-state index in [1.54, 1.807) is 12.1 Å². The number of hydrogen-bond donors (Lipinski definition) is 0. The van der Waals surface area contributed by atoms with E-state index < -0.39 is 18.5 Å². The molecule has 0 unspecified atom stereocenters. The van der Waals surface area contributed by atoms with Crippen LogP contribution in [0.25, 0.3) is 0 Å². The van der Waals surface area contributed by atoms with Crippen molar-refractivity contribution in [2.24, 2.45) is 17.8 Å². The number of carbonyl (C=O) groups is 2. The lowest BCUT2D eigenvalue weighted by molar-refractivity contribution is -0.167. The molecule has 27 heavy (non-hydrogen) atoms. The van der Waals surface area contributed by atoms with Gasteiger partial charge in [-0.2, -0.15) is 0 Å². The molecule has 2 rings (SSSR count). The van der Waals surface area contributed by atoms with Crippen LogP contribution in [-0.4, -0.2) is 31.3 Å². The summed E-state index contributed by atoms with van der Waals surface area (Å²) in [5.41, 5.74) is 0. The maximum absolute atomic E-state index is 12.1. The van der Waals surface area contributed by atoms with Gasteiger partial charge in [-0.05, 0) is 48.8 Å². The first kappa shape index (κ1) is 21.8. The predicted octanol–water partition coefficient (Wildman–Crippen LogP) is 4.92. The highest BCUT2D eigenvalue weighted by molar-refractivity contribution is 6.35. The van der Waals surface area contributed by atoms with Crippen LogP contribution >= 0.6 is 23.2 Å². The number of ether oxygens (including phenoxy) is 3. The fraction of sp³-hybridized carbons (Fsp3) is 0.600. The molecule has 150 valence electrons. The maximum atomic E-state index is 12.1. The van der Waals surface area contributed by atoms with Crippen LogP contribution in [0, 0.1) is 17.8 Å². The Kier molecular flexibility index (Phi) is 8.24. The molecule has 0 aromatic heterocycles. The second kappa shape index (κ2) is 10.2. The average molecular weight is 417 g/mol. The normalized spacial score (nSPS) is 22.4. The molecule has 0 radical (unpaired) electrons. The Balaban J connectivity index is 1.76. The van der Waals surface area contributed by atoms with Gasteiger partial charge in [-0.1, -0.05) is 50.4 Å². The van der Waals surface area contributed by atoms with Gasteiger partial charge in [-0.25, -0.2) is 9.59 Å². The van der Waals surface area contributed by atoms with Crippen molar-refractivity contribution in [3.05, 3.63) is 28.2 Å². The number of esters is 2. The number of carbonyl (C=O) groups excluding carboxylic acids is 2. The molecule has 0 bridgehead atoms. The maximum Gasteiger partial charge on any atom is 0.344 e. The van der Waals surface area contributed by atoms with Crippen LogP contribution in [0.4, 0.5) is 0 Å². The Hall–Kier alpha value is -1.46. The van der Waals surface area contributed by atoms with Crippen LogP contribution in [-0.2, 0) is 19.1 Å². The van der Waals surface area contributed by atoms with Crippen molar-refractivity contribution in [2.45, 2.75) is 46.1 Å². The SMILES string of the molecule is CC(C)[C@@H]1CC[C@@H](C)C[C@@H]1OC(=O)COC(=O)COc1ccc(Cl)cc1Cl. The third-order valence-electron chi connectivity index (χ3n) is 4.83. The largest absolute Gasteiger partial charge is 0.480 e. The topological polar surface area (TPSA) is 61.8 Å². The van der Waals surface area contributed by atoms with Crippen molar-refractivity contribution in [2.75, 3.05) is 13.2 Å². The van der Waals surface area contributed by atoms with E-state index in [2.05, 4.69) is 20.8 Å². The van der Waals surface area contributed by atoms with E-state index in [4.69, 9.17) is 37.4 Å². The summed E-state index contributed by atoms with van der Waals surface area (Å²) >= 11 is 11.8. The van der Waals surface area contributed by atoms with Gasteiger partial charge in [0.1, 0.15) is 11.9 Å². The molecule has 1 aromatic rings. The highest BCUT2D eigenvalue weighted by Crippen LogP contribution is 2.35. The van der Waals surface area contributed by atoms with E-state index in [0.717, 1.165) is 19.3 Å². The van der Waals surface area contributed by atoms with Gasteiger partial charge in [0.25, 0.3) is 0 Å². The number of rotatable bonds is 7. The standard InChI is InChI=1S/C20H26Cl2O5/c1-12(2)15-6-4-13(3)8-18(15)27-20(24)11-26-19(23)10-25-17-7-5-14(21)9-16(17)22/h5,7,9,12-13,15,18H,4,6,8,10-11H2,1-3H3/t13-,15+,18+/m1/s1. The number of hydrogen-bond acceptors (Lipinski definition) is 5. The molecule has 0 aliphatic heterocycles. The second-order valence-electron chi connectivity index (χ2n) is 7.38. The highest BCUT2D eigenvalue weighted by Gasteiger charge is 2.33. The molecule has 1 aromatic carbocycles. The third-order valence-corrected chi connectivity index (χ3v) is 5.37. The molecule has 0 amide bonds. The first-order valence-electron chi connectivity index (χ1n) is 9.19. The van der Waals surface area contributed by atoms with E-state index in [1.807, 2.05) is 0 Å². The zero-order valence-electron chi connectivity index (χ0n) is 15.9. The zero-order chi connectivity index (χ0) is 20.0.